The SMILES string of the molecule is CC[C@H]1C[C@@H](n2c(=O)nc(-c3cnn(C)c3)c3oc4nc(C)c(-c5cnn(C)c5)cc4c32)CCO1. The number of fused-ring (bicyclic) bond motifs is 3. The van der Waals surface area contributed by atoms with E-state index >= 15 is 0 Å². The number of hydrogen-bond acceptors (Lipinski definition) is 7. The fraction of sp³-hybridized carbons (Fsp3) is 0.400. The van der Waals surface area contributed by atoms with Gasteiger partial charge in [-0.05, 0) is 32.3 Å². The Balaban J connectivity index is 1.68. The van der Waals surface area contributed by atoms with E-state index in [4.69, 9.17) is 14.1 Å². The fourth-order valence-corrected chi connectivity index (χ4v) is 5.10. The highest BCUT2D eigenvalue weighted by Crippen LogP contribution is 2.38. The molecule has 6 heterocycles. The van der Waals surface area contributed by atoms with Crippen LogP contribution in [-0.2, 0) is 18.8 Å². The number of furan rings is 1. The average Bonchev–Trinajstić information content (AvgIpc) is 3.56. The van der Waals surface area contributed by atoms with Crippen molar-refractivity contribution in [2.75, 3.05) is 6.61 Å². The van der Waals surface area contributed by atoms with Gasteiger partial charge >= 0.3 is 5.69 Å². The average molecular weight is 474 g/mol. The van der Waals surface area contributed by atoms with Crippen LogP contribution in [0.5, 0.6) is 0 Å². The second-order valence-electron chi connectivity index (χ2n) is 9.25. The molecule has 0 saturated carbocycles. The lowest BCUT2D eigenvalue weighted by Crippen LogP contribution is -2.34. The Morgan fingerprint density at radius 1 is 1.09 bits per heavy atom. The Bertz CT molecular complexity index is 1620. The molecule has 10 heteroatoms. The molecular formula is C25H27N7O3. The van der Waals surface area contributed by atoms with Crippen molar-refractivity contribution in [2.24, 2.45) is 14.1 Å². The lowest BCUT2D eigenvalue weighted by Gasteiger charge is -2.30. The molecule has 0 unspecified atom stereocenters. The fourth-order valence-electron chi connectivity index (χ4n) is 5.10. The maximum absolute atomic E-state index is 13.6. The first-order valence-corrected chi connectivity index (χ1v) is 11.9. The normalized spacial score (nSPS) is 18.6. The van der Waals surface area contributed by atoms with E-state index in [1.54, 1.807) is 20.1 Å². The van der Waals surface area contributed by atoms with Crippen LogP contribution in [-0.4, -0.2) is 46.8 Å². The highest BCUT2D eigenvalue weighted by atomic mass is 16.5. The molecule has 0 aromatic carbocycles. The van der Waals surface area contributed by atoms with Crippen molar-refractivity contribution in [3.63, 3.8) is 0 Å². The second kappa shape index (κ2) is 8.16. The van der Waals surface area contributed by atoms with Crippen LogP contribution in [0.15, 0.2) is 40.1 Å². The molecule has 35 heavy (non-hydrogen) atoms. The number of ether oxygens (including phenoxy) is 1. The third-order valence-corrected chi connectivity index (χ3v) is 6.87. The van der Waals surface area contributed by atoms with Crippen LogP contribution in [0, 0.1) is 6.92 Å². The highest BCUT2D eigenvalue weighted by Gasteiger charge is 2.29. The minimum atomic E-state index is -0.302. The van der Waals surface area contributed by atoms with Crippen molar-refractivity contribution in [3.05, 3.63) is 47.0 Å². The molecule has 0 spiro atoms. The van der Waals surface area contributed by atoms with Crippen molar-refractivity contribution in [3.8, 4) is 22.4 Å². The molecule has 0 bridgehead atoms. The van der Waals surface area contributed by atoms with Crippen molar-refractivity contribution in [1.82, 2.24) is 34.1 Å². The summed E-state index contributed by atoms with van der Waals surface area (Å²) in [6.07, 6.45) is 9.80. The summed E-state index contributed by atoms with van der Waals surface area (Å²) >= 11 is 0. The summed E-state index contributed by atoms with van der Waals surface area (Å²) < 4.78 is 17.5. The smallest absolute Gasteiger partial charge is 0.349 e. The summed E-state index contributed by atoms with van der Waals surface area (Å²) in [6, 6.07) is 2.02. The summed E-state index contributed by atoms with van der Waals surface area (Å²) in [4.78, 5) is 22.9. The summed E-state index contributed by atoms with van der Waals surface area (Å²) in [5.41, 5.74) is 5.38. The van der Waals surface area contributed by atoms with E-state index in [1.807, 2.05) is 39.6 Å². The van der Waals surface area contributed by atoms with Crippen LogP contribution in [0.2, 0.25) is 0 Å². The number of pyridine rings is 1. The summed E-state index contributed by atoms with van der Waals surface area (Å²) in [5, 5.41) is 9.38. The Hall–Kier alpha value is -3.79. The zero-order valence-electron chi connectivity index (χ0n) is 20.2. The van der Waals surface area contributed by atoms with Gasteiger partial charge in [0, 0.05) is 61.5 Å². The number of aryl methyl sites for hydroxylation is 3. The van der Waals surface area contributed by atoms with Crippen LogP contribution in [0.4, 0.5) is 0 Å². The number of rotatable bonds is 4. The molecule has 1 aliphatic heterocycles. The molecule has 6 rings (SSSR count). The van der Waals surface area contributed by atoms with E-state index in [-0.39, 0.29) is 17.8 Å². The molecule has 5 aromatic heterocycles. The molecule has 10 nitrogen and oxygen atoms in total. The first kappa shape index (κ1) is 21.7. The molecule has 0 N–H and O–H groups in total. The van der Waals surface area contributed by atoms with Crippen molar-refractivity contribution < 1.29 is 9.15 Å². The molecule has 1 fully saturated rings. The molecule has 5 aromatic rings. The zero-order chi connectivity index (χ0) is 24.3. The predicted octanol–water partition coefficient (Wildman–Crippen LogP) is 3.78. The Kier molecular flexibility index (Phi) is 5.06. The summed E-state index contributed by atoms with van der Waals surface area (Å²) in [5.74, 6) is 0. The monoisotopic (exact) mass is 473 g/mol. The Labute approximate surface area is 201 Å². The Morgan fingerprint density at radius 3 is 2.51 bits per heavy atom. The minimum Gasteiger partial charge on any atom is -0.434 e. The molecule has 180 valence electrons. The van der Waals surface area contributed by atoms with Gasteiger partial charge in [0.1, 0.15) is 11.2 Å². The van der Waals surface area contributed by atoms with Gasteiger partial charge in [0.2, 0.25) is 5.71 Å². The lowest BCUT2D eigenvalue weighted by atomic mass is 10.0. The first-order valence-electron chi connectivity index (χ1n) is 11.9. The van der Waals surface area contributed by atoms with Gasteiger partial charge in [-0.15, -0.1) is 0 Å². The quantitative estimate of drug-likeness (QED) is 0.391. The first-order chi connectivity index (χ1) is 16.9. The van der Waals surface area contributed by atoms with Crippen molar-refractivity contribution >= 4 is 22.2 Å². The van der Waals surface area contributed by atoms with Crippen LogP contribution >= 0.6 is 0 Å². The molecule has 0 amide bonds. The van der Waals surface area contributed by atoms with Gasteiger partial charge in [-0.25, -0.2) is 9.78 Å². The molecule has 1 aliphatic rings. The summed E-state index contributed by atoms with van der Waals surface area (Å²) in [6.45, 7) is 4.66. The third-order valence-electron chi connectivity index (χ3n) is 6.87. The van der Waals surface area contributed by atoms with Crippen LogP contribution in [0.1, 0.15) is 37.9 Å². The van der Waals surface area contributed by atoms with E-state index in [1.165, 1.54) is 0 Å². The number of nitrogens with zero attached hydrogens (tertiary/aromatic N) is 7. The van der Waals surface area contributed by atoms with Gasteiger partial charge < -0.3 is 9.15 Å². The topological polar surface area (TPSA) is 106 Å². The van der Waals surface area contributed by atoms with Gasteiger partial charge in [-0.3, -0.25) is 13.9 Å². The van der Waals surface area contributed by atoms with Gasteiger partial charge in [0.05, 0.1) is 23.9 Å². The predicted molar refractivity (Wildman–Crippen MR) is 131 cm³/mol. The zero-order valence-corrected chi connectivity index (χ0v) is 20.2. The van der Waals surface area contributed by atoms with Crippen LogP contribution in [0.25, 0.3) is 44.6 Å². The van der Waals surface area contributed by atoms with Gasteiger partial charge in [0.15, 0.2) is 5.58 Å². The van der Waals surface area contributed by atoms with E-state index in [9.17, 15) is 4.79 Å². The number of hydrogen-bond donors (Lipinski definition) is 0. The van der Waals surface area contributed by atoms with Crippen molar-refractivity contribution in [1.29, 1.82) is 0 Å². The van der Waals surface area contributed by atoms with Crippen LogP contribution < -0.4 is 5.69 Å². The molecule has 2 atom stereocenters. The van der Waals surface area contributed by atoms with E-state index in [0.717, 1.165) is 52.5 Å². The molecule has 0 radical (unpaired) electrons. The van der Waals surface area contributed by atoms with E-state index in [0.29, 0.717) is 23.6 Å². The van der Waals surface area contributed by atoms with Crippen LogP contribution in [0.3, 0.4) is 0 Å². The standard InChI is InChI=1S/C25H27N7O3/c1-5-18-8-17(6-7-34-18)32-22-20-9-19(15-10-26-30(3)12-15)14(2)28-24(20)35-23(22)21(29-25(32)33)16-11-27-31(4)13-16/h9-13,17-18H,5-8H2,1-4H3/t17-,18-/m0/s1. The van der Waals surface area contributed by atoms with Gasteiger partial charge in [-0.1, -0.05) is 6.92 Å². The second-order valence-corrected chi connectivity index (χ2v) is 9.25. The van der Waals surface area contributed by atoms with Gasteiger partial charge in [0.25, 0.3) is 0 Å². The minimum absolute atomic E-state index is 0.0388. The maximum atomic E-state index is 13.6. The highest BCUT2D eigenvalue weighted by molar-refractivity contribution is 6.06. The summed E-state index contributed by atoms with van der Waals surface area (Å²) in [7, 11) is 3.72. The molecule has 0 aliphatic carbocycles. The Morgan fingerprint density at radius 2 is 1.83 bits per heavy atom. The maximum Gasteiger partial charge on any atom is 0.349 e. The molecule has 1 saturated heterocycles. The number of aromatic nitrogens is 7. The van der Waals surface area contributed by atoms with E-state index in [2.05, 4.69) is 28.2 Å². The largest absolute Gasteiger partial charge is 0.434 e. The third kappa shape index (κ3) is 3.56. The van der Waals surface area contributed by atoms with Gasteiger partial charge in [-0.2, -0.15) is 15.2 Å². The lowest BCUT2D eigenvalue weighted by molar-refractivity contribution is -0.00709. The van der Waals surface area contributed by atoms with Crippen molar-refractivity contribution in [2.45, 2.75) is 45.3 Å². The van der Waals surface area contributed by atoms with E-state index < -0.39 is 0 Å². The molecular weight excluding hydrogens is 446 g/mol.